The van der Waals surface area contributed by atoms with E-state index in [4.69, 9.17) is 34.8 Å². The second-order valence-electron chi connectivity index (χ2n) is 13.7. The molecule has 6 aromatic rings. The van der Waals surface area contributed by atoms with Gasteiger partial charge in [-0.25, -0.2) is 87.8 Å². The fraction of sp³-hybridized carbons (Fsp3) is 0.0732. The minimum absolute atomic E-state index is 0.368. The standard InChI is InChI=1S/C24BF20.C17H14Cl3OS/c26-5-1(6(27)14(35)21(42)13(5)34)25(2-7(28)15(36)22(43)16(37)8(2)29,3-9(30)17(38)23(44)18(39)10(3)31)4-11(32)19(40)24(45)20(41)12(4)33;1-22(21,12-11-14-5-3-2-4-6-14)13-15-7-9-16(10-8-15)17(18,19)20/h;2-10H,13H2,1H3/q-1;+1. The normalized spacial score (nSPS) is 12.6. The minimum Gasteiger partial charge on any atom is -0.207 e. The molecular weight excluding hydrogens is 1040 g/mol. The van der Waals surface area contributed by atoms with Crippen LogP contribution in [0.4, 0.5) is 87.8 Å². The third-order valence-corrected chi connectivity index (χ3v) is 11.7. The first-order chi connectivity index (χ1) is 31.0. The van der Waals surface area contributed by atoms with E-state index in [2.05, 4.69) is 11.2 Å². The first kappa shape index (κ1) is 52.5. The summed E-state index contributed by atoms with van der Waals surface area (Å²) in [5.74, 6) is -68.1. The van der Waals surface area contributed by atoms with Crippen molar-refractivity contribution in [2.75, 3.05) is 6.26 Å². The Labute approximate surface area is 378 Å². The first-order valence-electron chi connectivity index (χ1n) is 17.4. The van der Waals surface area contributed by atoms with Crippen LogP contribution in [0.3, 0.4) is 0 Å². The van der Waals surface area contributed by atoms with E-state index in [0.29, 0.717) is 11.3 Å². The highest BCUT2D eigenvalue weighted by atomic mass is 35.6. The zero-order chi connectivity index (χ0) is 50.6. The highest BCUT2D eigenvalue weighted by molar-refractivity contribution is 8.05. The van der Waals surface area contributed by atoms with Crippen LogP contribution in [0, 0.1) is 128 Å². The summed E-state index contributed by atoms with van der Waals surface area (Å²) < 4.78 is 305. The highest BCUT2D eigenvalue weighted by Crippen LogP contribution is 2.38. The predicted molar refractivity (Wildman–Crippen MR) is 206 cm³/mol. The molecule has 26 heteroatoms. The molecule has 67 heavy (non-hydrogen) atoms. The second kappa shape index (κ2) is 19.3. The zero-order valence-corrected chi connectivity index (χ0v) is 35.1. The number of benzene rings is 6. The molecule has 0 fully saturated rings. The van der Waals surface area contributed by atoms with Gasteiger partial charge in [-0.15, -0.1) is 21.9 Å². The lowest BCUT2D eigenvalue weighted by molar-refractivity contribution is 0.378. The molecule has 0 radical (unpaired) electrons. The number of halogens is 23. The van der Waals surface area contributed by atoms with Crippen molar-refractivity contribution in [1.29, 1.82) is 0 Å². The van der Waals surface area contributed by atoms with Gasteiger partial charge in [-0.1, -0.05) is 81.5 Å². The van der Waals surface area contributed by atoms with Gasteiger partial charge < -0.3 is 0 Å². The molecule has 0 aliphatic carbocycles. The lowest BCUT2D eigenvalue weighted by atomic mass is 9.12. The maximum Gasteiger partial charge on any atom is 0.216 e. The molecule has 0 aromatic heterocycles. The summed E-state index contributed by atoms with van der Waals surface area (Å²) in [6.07, 6.45) is -5.56. The molecule has 0 aliphatic rings. The molecule has 1 nitrogen and oxygen atoms in total. The Kier molecular flexibility index (Phi) is 15.1. The van der Waals surface area contributed by atoms with Crippen LogP contribution in [-0.4, -0.2) is 12.4 Å². The zero-order valence-electron chi connectivity index (χ0n) is 32.0. The SMILES string of the molecule is C[S+](=O)(C#Cc1ccccc1)Cc1ccc(C(Cl)(Cl)Cl)cc1.Fc1c(F)c(F)c([B-](c2c(F)c(F)c(F)c(F)c2F)(c2c(F)c(F)c(F)c(F)c2F)c2c(F)c(F)c(F)c(F)c2F)c(F)c1F. The molecule has 1 unspecified atom stereocenters. The number of hydrogen-bond donors (Lipinski definition) is 0. The number of hydrogen-bond acceptors (Lipinski definition) is 1. The molecular formula is C41H14BCl3F20OS. The van der Waals surface area contributed by atoms with Crippen molar-refractivity contribution < 1.29 is 92.0 Å². The Morgan fingerprint density at radius 2 is 0.672 bits per heavy atom. The quantitative estimate of drug-likeness (QED) is 0.0309. The van der Waals surface area contributed by atoms with Gasteiger partial charge >= 0.3 is 0 Å². The molecule has 0 N–H and O–H groups in total. The van der Waals surface area contributed by atoms with E-state index >= 15 is 35.1 Å². The van der Waals surface area contributed by atoms with Crippen molar-refractivity contribution in [2.24, 2.45) is 0 Å². The monoisotopic (exact) mass is 1050 g/mol. The molecule has 0 amide bonds. The highest BCUT2D eigenvalue weighted by Gasteiger charge is 2.52. The summed E-state index contributed by atoms with van der Waals surface area (Å²) in [5.41, 5.74) is -12.0. The first-order valence-corrected chi connectivity index (χ1v) is 20.7. The Hall–Kier alpha value is -5.44. The van der Waals surface area contributed by atoms with Crippen LogP contribution < -0.4 is 21.9 Å². The average molecular weight is 1050 g/mol. The summed E-state index contributed by atoms with van der Waals surface area (Å²) in [6.45, 7) is 0. The van der Waals surface area contributed by atoms with Gasteiger partial charge in [0.2, 0.25) is 3.79 Å². The molecule has 0 bridgehead atoms. The molecule has 354 valence electrons. The van der Waals surface area contributed by atoms with E-state index in [-0.39, 0.29) is 0 Å². The molecule has 6 rings (SSSR count). The van der Waals surface area contributed by atoms with E-state index in [1.165, 1.54) is 0 Å². The van der Waals surface area contributed by atoms with Gasteiger partial charge in [0.25, 0.3) is 0 Å². The molecule has 1 atom stereocenters. The van der Waals surface area contributed by atoms with Crippen molar-refractivity contribution in [3.8, 4) is 11.2 Å². The fourth-order valence-corrected chi connectivity index (χ4v) is 8.32. The van der Waals surface area contributed by atoms with Gasteiger partial charge in [-0.3, -0.25) is 0 Å². The van der Waals surface area contributed by atoms with Crippen LogP contribution in [0.15, 0.2) is 54.6 Å². The molecule has 0 saturated heterocycles. The van der Waals surface area contributed by atoms with Crippen molar-refractivity contribution >= 4 is 72.7 Å². The van der Waals surface area contributed by atoms with E-state index in [0.717, 1.165) is 11.1 Å². The topological polar surface area (TPSA) is 17.1 Å². The number of alkyl halides is 3. The Bertz CT molecular complexity index is 2700. The third-order valence-electron chi connectivity index (χ3n) is 9.62. The van der Waals surface area contributed by atoms with Crippen molar-refractivity contribution in [1.82, 2.24) is 0 Å². The molecule has 0 aliphatic heterocycles. The summed E-state index contributed by atoms with van der Waals surface area (Å²) in [5, 5.41) is 2.87. The van der Waals surface area contributed by atoms with Gasteiger partial charge in [-0.05, 0) is 18.1 Å². The summed E-state index contributed by atoms with van der Waals surface area (Å²) in [6, 6.07) is 16.6. The van der Waals surface area contributed by atoms with Crippen LogP contribution >= 0.6 is 34.8 Å². The largest absolute Gasteiger partial charge is 0.216 e. The maximum atomic E-state index is 15.4. The lowest BCUT2D eigenvalue weighted by Crippen LogP contribution is -2.81. The van der Waals surface area contributed by atoms with Crippen LogP contribution in [0.2, 0.25) is 0 Å². The molecule has 0 spiro atoms. The van der Waals surface area contributed by atoms with Gasteiger partial charge in [0, 0.05) is 16.7 Å². The Balaban J connectivity index is 0.000000319. The fourth-order valence-electron chi connectivity index (χ4n) is 6.71. The second-order valence-corrected chi connectivity index (χ2v) is 18.5. The van der Waals surface area contributed by atoms with Crippen molar-refractivity contribution in [3.63, 3.8) is 0 Å². The molecule has 0 saturated carbocycles. The summed E-state index contributed by atoms with van der Waals surface area (Å²) in [7, 11) is -2.29. The van der Waals surface area contributed by atoms with Crippen molar-refractivity contribution in [2.45, 2.75) is 9.55 Å². The lowest BCUT2D eigenvalue weighted by Gasteiger charge is -2.44. The summed E-state index contributed by atoms with van der Waals surface area (Å²) >= 11 is 17.4. The van der Waals surface area contributed by atoms with Gasteiger partial charge in [0.05, 0.1) is 0 Å². The van der Waals surface area contributed by atoms with Gasteiger partial charge in [0.1, 0.15) is 64.7 Å². The summed E-state index contributed by atoms with van der Waals surface area (Å²) in [4.78, 5) is 0. The number of rotatable bonds is 6. The Morgan fingerprint density at radius 1 is 0.418 bits per heavy atom. The molecule has 6 aromatic carbocycles. The van der Waals surface area contributed by atoms with E-state index in [1.54, 1.807) is 18.4 Å². The third kappa shape index (κ3) is 9.29. The molecule has 0 heterocycles. The van der Waals surface area contributed by atoms with E-state index in [9.17, 15) is 56.9 Å². The van der Waals surface area contributed by atoms with Gasteiger partial charge in [-0.2, -0.15) is 0 Å². The van der Waals surface area contributed by atoms with Crippen LogP contribution in [0.25, 0.3) is 0 Å². The van der Waals surface area contributed by atoms with Crippen molar-refractivity contribution in [3.05, 3.63) is 188 Å². The van der Waals surface area contributed by atoms with E-state index < -0.39 is 158 Å². The maximum absolute atomic E-state index is 15.4. The average Bonchev–Trinajstić information content (AvgIpc) is 3.28. The van der Waals surface area contributed by atoms with Crippen LogP contribution in [0.1, 0.15) is 16.7 Å². The van der Waals surface area contributed by atoms with Crippen LogP contribution in [0.5, 0.6) is 0 Å². The minimum atomic E-state index is -7.22. The smallest absolute Gasteiger partial charge is 0.207 e. The predicted octanol–water partition coefficient (Wildman–Crippen LogP) is 11.0. The van der Waals surface area contributed by atoms with Crippen LogP contribution in [-0.2, 0) is 23.7 Å². The Morgan fingerprint density at radius 3 is 0.925 bits per heavy atom. The van der Waals surface area contributed by atoms with E-state index in [1.807, 2.05) is 42.5 Å². The van der Waals surface area contributed by atoms with Gasteiger partial charge in [0.15, 0.2) is 85.0 Å².